The molecule has 9 heteroatoms. The minimum absolute atomic E-state index is 0.0355. The van der Waals surface area contributed by atoms with Crippen LogP contribution in [0.2, 0.25) is 0 Å². The predicted molar refractivity (Wildman–Crippen MR) is 139 cm³/mol. The Kier molecular flexibility index (Phi) is 9.41. The van der Waals surface area contributed by atoms with E-state index < -0.39 is 11.6 Å². The molecule has 3 rings (SSSR count). The number of carbonyl (C=O) groups excluding carboxylic acids is 2. The van der Waals surface area contributed by atoms with E-state index in [-0.39, 0.29) is 18.4 Å². The topological polar surface area (TPSA) is 98.6 Å². The van der Waals surface area contributed by atoms with Crippen LogP contribution in [0.3, 0.4) is 0 Å². The summed E-state index contributed by atoms with van der Waals surface area (Å²) in [6.07, 6.45) is 1.34. The second-order valence-corrected chi connectivity index (χ2v) is 9.28. The molecule has 1 atom stereocenters. The second-order valence-electron chi connectivity index (χ2n) is 9.28. The molecule has 0 radical (unpaired) electrons. The monoisotopic (exact) mass is 495 g/mol. The largest absolute Gasteiger partial charge is 0.497 e. The minimum Gasteiger partial charge on any atom is -0.497 e. The Bertz CT molecular complexity index is 1140. The SMILES string of the molecule is CCOCCCN(C(=O)Cn1nnc2ccccc21)C(C(=O)NC(C)(C)CC)c1ccc(OC)cc1. The van der Waals surface area contributed by atoms with Crippen LogP contribution in [0.15, 0.2) is 48.5 Å². The summed E-state index contributed by atoms with van der Waals surface area (Å²) >= 11 is 0. The highest BCUT2D eigenvalue weighted by atomic mass is 16.5. The molecule has 0 aliphatic carbocycles. The molecule has 1 heterocycles. The second kappa shape index (κ2) is 12.5. The van der Waals surface area contributed by atoms with E-state index in [2.05, 4.69) is 15.6 Å². The molecule has 1 N–H and O–H groups in total. The zero-order valence-electron chi connectivity index (χ0n) is 21.9. The van der Waals surface area contributed by atoms with E-state index in [1.807, 2.05) is 64.1 Å². The van der Waals surface area contributed by atoms with E-state index in [0.29, 0.717) is 43.0 Å². The first kappa shape index (κ1) is 27.1. The van der Waals surface area contributed by atoms with Crippen molar-refractivity contribution in [1.29, 1.82) is 0 Å². The Morgan fingerprint density at radius 1 is 1.11 bits per heavy atom. The Morgan fingerprint density at radius 3 is 2.50 bits per heavy atom. The van der Waals surface area contributed by atoms with Crippen molar-refractivity contribution >= 4 is 22.8 Å². The third-order valence-corrected chi connectivity index (χ3v) is 6.25. The lowest BCUT2D eigenvalue weighted by atomic mass is 9.98. The number of nitrogens with zero attached hydrogens (tertiary/aromatic N) is 4. The van der Waals surface area contributed by atoms with Crippen molar-refractivity contribution in [3.8, 4) is 5.75 Å². The van der Waals surface area contributed by atoms with Gasteiger partial charge in [0.25, 0.3) is 0 Å². The molecule has 2 amide bonds. The minimum atomic E-state index is -0.828. The summed E-state index contributed by atoms with van der Waals surface area (Å²) in [5, 5.41) is 11.5. The molecule has 0 saturated carbocycles. The third-order valence-electron chi connectivity index (χ3n) is 6.25. The van der Waals surface area contributed by atoms with Gasteiger partial charge in [-0.3, -0.25) is 9.59 Å². The average molecular weight is 496 g/mol. The predicted octanol–water partition coefficient (Wildman–Crippen LogP) is 3.74. The fraction of sp³-hybridized carbons (Fsp3) is 0.481. The first-order chi connectivity index (χ1) is 17.3. The van der Waals surface area contributed by atoms with Crippen LogP contribution in [0.5, 0.6) is 5.75 Å². The first-order valence-electron chi connectivity index (χ1n) is 12.4. The van der Waals surface area contributed by atoms with Crippen molar-refractivity contribution in [2.24, 2.45) is 0 Å². The lowest BCUT2D eigenvalue weighted by Gasteiger charge is -2.34. The lowest BCUT2D eigenvalue weighted by Crippen LogP contribution is -2.51. The van der Waals surface area contributed by atoms with E-state index in [1.165, 1.54) is 0 Å². The van der Waals surface area contributed by atoms with Crippen LogP contribution in [-0.4, -0.2) is 64.1 Å². The first-order valence-corrected chi connectivity index (χ1v) is 12.4. The van der Waals surface area contributed by atoms with E-state index in [9.17, 15) is 9.59 Å². The highest BCUT2D eigenvalue weighted by Crippen LogP contribution is 2.26. The molecule has 0 fully saturated rings. The van der Waals surface area contributed by atoms with Crippen LogP contribution in [0, 0.1) is 0 Å². The molecule has 0 saturated heterocycles. The van der Waals surface area contributed by atoms with Gasteiger partial charge in [-0.15, -0.1) is 5.10 Å². The zero-order chi connectivity index (χ0) is 26.1. The summed E-state index contributed by atoms with van der Waals surface area (Å²) in [5.41, 5.74) is 1.75. The van der Waals surface area contributed by atoms with Gasteiger partial charge in [0, 0.05) is 25.3 Å². The van der Waals surface area contributed by atoms with Crippen LogP contribution < -0.4 is 10.1 Å². The number of carbonyl (C=O) groups is 2. The maximum absolute atomic E-state index is 13.8. The number of fused-ring (bicyclic) bond motifs is 1. The summed E-state index contributed by atoms with van der Waals surface area (Å²) in [6.45, 7) is 9.28. The van der Waals surface area contributed by atoms with E-state index in [4.69, 9.17) is 9.47 Å². The fourth-order valence-electron chi connectivity index (χ4n) is 3.88. The van der Waals surface area contributed by atoms with E-state index in [1.54, 1.807) is 28.8 Å². The highest BCUT2D eigenvalue weighted by molar-refractivity contribution is 5.89. The Morgan fingerprint density at radius 2 is 1.83 bits per heavy atom. The van der Waals surface area contributed by atoms with Crippen LogP contribution in [0.25, 0.3) is 11.0 Å². The van der Waals surface area contributed by atoms with Gasteiger partial charge in [-0.2, -0.15) is 0 Å². The molecule has 1 unspecified atom stereocenters. The number of hydrogen-bond acceptors (Lipinski definition) is 6. The van der Waals surface area contributed by atoms with Gasteiger partial charge in [0.1, 0.15) is 23.9 Å². The molecule has 0 spiro atoms. The van der Waals surface area contributed by atoms with Crippen molar-refractivity contribution in [3.63, 3.8) is 0 Å². The number of para-hydroxylation sites is 1. The quantitative estimate of drug-likeness (QED) is 0.363. The van der Waals surface area contributed by atoms with Crippen molar-refractivity contribution in [2.75, 3.05) is 26.9 Å². The van der Waals surface area contributed by atoms with Gasteiger partial charge in [-0.25, -0.2) is 4.68 Å². The van der Waals surface area contributed by atoms with Gasteiger partial charge >= 0.3 is 0 Å². The number of benzene rings is 2. The van der Waals surface area contributed by atoms with Gasteiger partial charge < -0.3 is 19.7 Å². The van der Waals surface area contributed by atoms with Crippen LogP contribution in [0.4, 0.5) is 0 Å². The summed E-state index contributed by atoms with van der Waals surface area (Å²) in [5.74, 6) is 0.211. The normalized spacial score (nSPS) is 12.4. The van der Waals surface area contributed by atoms with Crippen LogP contribution >= 0.6 is 0 Å². The smallest absolute Gasteiger partial charge is 0.247 e. The summed E-state index contributed by atoms with van der Waals surface area (Å²) < 4.78 is 12.4. The number of aromatic nitrogens is 3. The van der Waals surface area contributed by atoms with Crippen molar-refractivity contribution in [3.05, 3.63) is 54.1 Å². The van der Waals surface area contributed by atoms with Gasteiger partial charge in [0.15, 0.2) is 0 Å². The Hall–Kier alpha value is -3.46. The molecule has 9 nitrogen and oxygen atoms in total. The molecular formula is C27H37N5O4. The molecule has 36 heavy (non-hydrogen) atoms. The van der Waals surface area contributed by atoms with Gasteiger partial charge in [-0.05, 0) is 63.4 Å². The molecular weight excluding hydrogens is 458 g/mol. The van der Waals surface area contributed by atoms with Crippen LogP contribution in [-0.2, 0) is 20.9 Å². The maximum atomic E-state index is 13.8. The number of ether oxygens (including phenoxy) is 2. The van der Waals surface area contributed by atoms with Crippen LogP contribution in [0.1, 0.15) is 52.1 Å². The molecule has 194 valence electrons. The zero-order valence-corrected chi connectivity index (χ0v) is 21.9. The summed E-state index contributed by atoms with van der Waals surface area (Å²) in [7, 11) is 1.59. The molecule has 0 bridgehead atoms. The van der Waals surface area contributed by atoms with Gasteiger partial charge in [0.05, 0.1) is 12.6 Å². The molecule has 2 aromatic carbocycles. The highest BCUT2D eigenvalue weighted by Gasteiger charge is 2.34. The summed E-state index contributed by atoms with van der Waals surface area (Å²) in [6, 6.07) is 13.9. The molecule has 1 aromatic heterocycles. The van der Waals surface area contributed by atoms with E-state index >= 15 is 0 Å². The maximum Gasteiger partial charge on any atom is 0.247 e. The number of hydrogen-bond donors (Lipinski definition) is 1. The van der Waals surface area contributed by atoms with Crippen molar-refractivity contribution < 1.29 is 19.1 Å². The van der Waals surface area contributed by atoms with Crippen molar-refractivity contribution in [2.45, 2.75) is 58.7 Å². The number of amides is 2. The van der Waals surface area contributed by atoms with E-state index in [0.717, 1.165) is 11.9 Å². The molecule has 3 aromatic rings. The Balaban J connectivity index is 1.98. The van der Waals surface area contributed by atoms with Gasteiger partial charge in [0.2, 0.25) is 11.8 Å². The number of nitrogens with one attached hydrogen (secondary N) is 1. The van der Waals surface area contributed by atoms with Crippen molar-refractivity contribution in [1.82, 2.24) is 25.2 Å². The average Bonchev–Trinajstić information content (AvgIpc) is 3.28. The van der Waals surface area contributed by atoms with Gasteiger partial charge in [-0.1, -0.05) is 36.4 Å². The standard InChI is InChI=1S/C27H37N5O4/c1-6-27(3,4)28-26(34)25(20-13-15-21(35-5)16-14-20)31(17-10-18-36-7-2)24(33)19-32-23-12-9-8-11-22(23)29-30-32/h8-9,11-16,25H,6-7,10,17-19H2,1-5H3,(H,28,34). The fourth-order valence-corrected chi connectivity index (χ4v) is 3.88. The molecule has 0 aliphatic heterocycles. The number of rotatable bonds is 13. The molecule has 0 aliphatic rings. The summed E-state index contributed by atoms with van der Waals surface area (Å²) in [4.78, 5) is 29.1. The number of methoxy groups -OCH3 is 1. The third kappa shape index (κ3) is 6.81. The Labute approximate surface area is 212 Å². The lowest BCUT2D eigenvalue weighted by molar-refractivity contribution is -0.142.